The van der Waals surface area contributed by atoms with E-state index in [2.05, 4.69) is 46.5 Å². The molecule has 1 atom stereocenters. The summed E-state index contributed by atoms with van der Waals surface area (Å²) in [6, 6.07) is 7.96. The van der Waals surface area contributed by atoms with Crippen LogP contribution in [0.4, 0.5) is 14.6 Å². The van der Waals surface area contributed by atoms with Crippen LogP contribution in [0.2, 0.25) is 19.6 Å². The fourth-order valence-electron chi connectivity index (χ4n) is 3.43. The zero-order chi connectivity index (χ0) is 26.0. The number of hydrogen-bond acceptors (Lipinski definition) is 5. The van der Waals surface area contributed by atoms with Gasteiger partial charge >= 0.3 is 0 Å². The van der Waals surface area contributed by atoms with E-state index in [0.29, 0.717) is 17.0 Å². The molecule has 1 aliphatic heterocycles. The number of hydrogen-bond donors (Lipinski definition) is 1. The minimum Gasteiger partial charge on any atom is -0.487 e. The Morgan fingerprint density at radius 2 is 1.92 bits per heavy atom. The summed E-state index contributed by atoms with van der Waals surface area (Å²) in [6.45, 7) is 6.32. The average Bonchev–Trinajstić information content (AvgIpc) is 3.15. The van der Waals surface area contributed by atoms with Gasteiger partial charge in [-0.25, -0.2) is 13.8 Å². The molecule has 1 N–H and O–H groups in total. The van der Waals surface area contributed by atoms with Gasteiger partial charge in [-0.05, 0) is 29.8 Å². The standard InChI is InChI=1S/C25H25F2N5O3Si/c1-31-23-21(10-9-18(28-23)11-12-36(2,3)4)35-15-20(25(31)34)29-24(33)22-19(27)14-32(30-22)13-16-5-7-17(26)8-6-16/h5-10,14,20H,13,15H2,1-4H3,(H,29,33)/t20-/m0/s1. The third-order valence-corrected chi connectivity index (χ3v) is 6.13. The number of nitrogens with zero attached hydrogens (tertiary/aromatic N) is 4. The Hall–Kier alpha value is -4.04. The van der Waals surface area contributed by atoms with Gasteiger partial charge < -0.3 is 10.1 Å². The molecule has 186 valence electrons. The lowest BCUT2D eigenvalue weighted by molar-refractivity contribution is -0.120. The molecule has 2 amide bonds. The van der Waals surface area contributed by atoms with Crippen LogP contribution in [0, 0.1) is 23.1 Å². The van der Waals surface area contributed by atoms with E-state index in [0.717, 1.165) is 6.20 Å². The van der Waals surface area contributed by atoms with Crippen LogP contribution in [-0.2, 0) is 11.3 Å². The summed E-state index contributed by atoms with van der Waals surface area (Å²) < 4.78 is 34.6. The maximum Gasteiger partial charge on any atom is 0.275 e. The van der Waals surface area contributed by atoms with Crippen molar-refractivity contribution in [1.29, 1.82) is 0 Å². The first kappa shape index (κ1) is 25.1. The zero-order valence-electron chi connectivity index (χ0n) is 20.3. The van der Waals surface area contributed by atoms with Crippen molar-refractivity contribution in [2.75, 3.05) is 18.6 Å². The van der Waals surface area contributed by atoms with Gasteiger partial charge in [-0.1, -0.05) is 37.7 Å². The van der Waals surface area contributed by atoms with Crippen LogP contribution in [0.15, 0.2) is 42.6 Å². The third kappa shape index (κ3) is 5.77. The first-order valence-electron chi connectivity index (χ1n) is 11.2. The second-order valence-electron chi connectivity index (χ2n) is 9.40. The fraction of sp³-hybridized carbons (Fsp3) is 0.280. The number of fused-ring (bicyclic) bond motifs is 1. The van der Waals surface area contributed by atoms with Gasteiger partial charge in [0.1, 0.15) is 32.2 Å². The number of rotatable bonds is 4. The second-order valence-corrected chi connectivity index (χ2v) is 14.2. The predicted molar refractivity (Wildman–Crippen MR) is 132 cm³/mol. The number of carbonyl (C=O) groups excluding carboxylic acids is 2. The normalized spacial score (nSPS) is 15.3. The van der Waals surface area contributed by atoms with Crippen molar-refractivity contribution in [3.63, 3.8) is 0 Å². The fourth-order valence-corrected chi connectivity index (χ4v) is 3.93. The van der Waals surface area contributed by atoms with E-state index in [1.807, 2.05) is 0 Å². The van der Waals surface area contributed by atoms with E-state index < -0.39 is 43.3 Å². The Bertz CT molecular complexity index is 1370. The van der Waals surface area contributed by atoms with Crippen molar-refractivity contribution >= 4 is 25.7 Å². The van der Waals surface area contributed by atoms with Crippen LogP contribution in [0.3, 0.4) is 0 Å². The van der Waals surface area contributed by atoms with Crippen molar-refractivity contribution < 1.29 is 23.1 Å². The SMILES string of the molecule is CN1C(=O)[C@@H](NC(=O)c2nn(Cc3ccc(F)cc3)cc2F)COc2ccc(C#C[Si](C)(C)C)nc21. The quantitative estimate of drug-likeness (QED) is 0.432. The van der Waals surface area contributed by atoms with Gasteiger partial charge in [0.05, 0.1) is 12.7 Å². The first-order chi connectivity index (χ1) is 17.0. The van der Waals surface area contributed by atoms with E-state index in [9.17, 15) is 18.4 Å². The smallest absolute Gasteiger partial charge is 0.275 e. The highest BCUT2D eigenvalue weighted by atomic mass is 28.3. The van der Waals surface area contributed by atoms with Crippen LogP contribution in [0.1, 0.15) is 21.7 Å². The molecule has 2 aromatic heterocycles. The molecule has 0 fully saturated rings. The molecular weight excluding hydrogens is 484 g/mol. The summed E-state index contributed by atoms with van der Waals surface area (Å²) in [7, 11) is -0.0953. The molecule has 0 saturated heterocycles. The minimum atomic E-state index is -1.62. The number of ether oxygens (including phenoxy) is 1. The number of halogens is 2. The average molecular weight is 510 g/mol. The number of likely N-dealkylation sites (N-methyl/N-ethyl adjacent to an activating group) is 1. The van der Waals surface area contributed by atoms with Gasteiger partial charge in [-0.15, -0.1) is 5.54 Å². The summed E-state index contributed by atoms with van der Waals surface area (Å²) in [4.78, 5) is 31.6. The lowest BCUT2D eigenvalue weighted by atomic mass is 10.2. The molecule has 0 aliphatic carbocycles. The summed E-state index contributed by atoms with van der Waals surface area (Å²) in [5.41, 5.74) is 3.96. The molecular formula is C25H25F2N5O3Si. The minimum absolute atomic E-state index is 0.141. The van der Waals surface area contributed by atoms with Gasteiger partial charge in [-0.2, -0.15) is 5.10 Å². The molecule has 36 heavy (non-hydrogen) atoms. The van der Waals surface area contributed by atoms with Crippen LogP contribution in [0.5, 0.6) is 5.75 Å². The lowest BCUT2D eigenvalue weighted by Gasteiger charge is -2.19. The van der Waals surface area contributed by atoms with Gasteiger partial charge in [-0.3, -0.25) is 19.2 Å². The number of pyridine rings is 1. The van der Waals surface area contributed by atoms with Gasteiger partial charge in [0.2, 0.25) is 0 Å². The van der Waals surface area contributed by atoms with E-state index in [4.69, 9.17) is 4.74 Å². The topological polar surface area (TPSA) is 89.4 Å². The van der Waals surface area contributed by atoms with Crippen LogP contribution >= 0.6 is 0 Å². The predicted octanol–water partition coefficient (Wildman–Crippen LogP) is 2.99. The Morgan fingerprint density at radius 1 is 1.19 bits per heavy atom. The molecule has 0 saturated carbocycles. The van der Waals surface area contributed by atoms with E-state index in [1.165, 1.54) is 28.8 Å². The molecule has 11 heteroatoms. The third-order valence-electron chi connectivity index (χ3n) is 5.25. The molecule has 1 aliphatic rings. The zero-order valence-corrected chi connectivity index (χ0v) is 21.3. The van der Waals surface area contributed by atoms with Crippen LogP contribution in [0.25, 0.3) is 0 Å². The van der Waals surface area contributed by atoms with E-state index in [-0.39, 0.29) is 19.0 Å². The number of aromatic nitrogens is 3. The summed E-state index contributed by atoms with van der Waals surface area (Å²) >= 11 is 0. The maximum absolute atomic E-state index is 14.5. The lowest BCUT2D eigenvalue weighted by Crippen LogP contribution is -2.49. The van der Waals surface area contributed by atoms with Crippen molar-refractivity contribution in [1.82, 2.24) is 20.1 Å². The maximum atomic E-state index is 14.5. The molecule has 0 unspecified atom stereocenters. The highest BCUT2D eigenvalue weighted by Crippen LogP contribution is 2.28. The van der Waals surface area contributed by atoms with Crippen molar-refractivity contribution in [3.05, 3.63) is 71.2 Å². The Balaban J connectivity index is 1.48. The van der Waals surface area contributed by atoms with Gasteiger partial charge in [0.15, 0.2) is 23.1 Å². The molecule has 3 aromatic rings. The van der Waals surface area contributed by atoms with Crippen molar-refractivity contribution in [2.24, 2.45) is 0 Å². The molecule has 0 spiro atoms. The van der Waals surface area contributed by atoms with Crippen LogP contribution in [-0.4, -0.2) is 54.3 Å². The van der Waals surface area contributed by atoms with Crippen molar-refractivity contribution in [3.8, 4) is 17.2 Å². The molecule has 0 radical (unpaired) electrons. The largest absolute Gasteiger partial charge is 0.487 e. The molecule has 4 rings (SSSR count). The summed E-state index contributed by atoms with van der Waals surface area (Å²) in [5, 5.41) is 6.50. The Morgan fingerprint density at radius 3 is 2.61 bits per heavy atom. The number of carbonyl (C=O) groups is 2. The van der Waals surface area contributed by atoms with Crippen molar-refractivity contribution in [2.45, 2.75) is 32.2 Å². The molecule has 1 aromatic carbocycles. The molecule has 0 bridgehead atoms. The highest BCUT2D eigenvalue weighted by molar-refractivity contribution is 6.83. The second kappa shape index (κ2) is 9.91. The highest BCUT2D eigenvalue weighted by Gasteiger charge is 2.33. The number of benzene rings is 1. The van der Waals surface area contributed by atoms with Gasteiger partial charge in [0.25, 0.3) is 11.8 Å². The van der Waals surface area contributed by atoms with E-state index in [1.54, 1.807) is 24.3 Å². The number of nitrogens with one attached hydrogen (secondary N) is 1. The Labute approximate surface area is 208 Å². The first-order valence-corrected chi connectivity index (χ1v) is 14.7. The van der Waals surface area contributed by atoms with Crippen LogP contribution < -0.4 is 15.0 Å². The summed E-state index contributed by atoms with van der Waals surface area (Å²) in [5.74, 6) is 1.14. The number of amides is 2. The molecule has 3 heterocycles. The monoisotopic (exact) mass is 509 g/mol. The van der Waals surface area contributed by atoms with E-state index >= 15 is 0 Å². The van der Waals surface area contributed by atoms with Gasteiger partial charge in [0, 0.05) is 7.05 Å². The summed E-state index contributed by atoms with van der Waals surface area (Å²) in [6.07, 6.45) is 1.07. The Kier molecular flexibility index (Phi) is 6.90. The number of anilines is 1. The molecule has 8 nitrogen and oxygen atoms in total.